The summed E-state index contributed by atoms with van der Waals surface area (Å²) < 4.78 is 6.41. The lowest BCUT2D eigenvalue weighted by molar-refractivity contribution is 0.481. The predicted octanol–water partition coefficient (Wildman–Crippen LogP) is 4.18. The molecule has 0 radical (unpaired) electrons. The fourth-order valence-electron chi connectivity index (χ4n) is 1.51. The first-order chi connectivity index (χ1) is 8.58. The summed E-state index contributed by atoms with van der Waals surface area (Å²) in [6, 6.07) is 12.4. The van der Waals surface area contributed by atoms with Crippen LogP contribution in [-0.4, -0.2) is 5.84 Å². The molecule has 18 heavy (non-hydrogen) atoms. The van der Waals surface area contributed by atoms with Crippen LogP contribution >= 0.6 is 27.5 Å². The maximum atomic E-state index is 7.57. The summed E-state index contributed by atoms with van der Waals surface area (Å²) in [5.41, 5.74) is 6.07. The van der Waals surface area contributed by atoms with Gasteiger partial charge in [0.25, 0.3) is 0 Å². The van der Waals surface area contributed by atoms with Crippen LogP contribution in [0.1, 0.15) is 5.56 Å². The molecule has 2 rings (SSSR count). The van der Waals surface area contributed by atoms with Crippen LogP contribution in [-0.2, 0) is 0 Å². The van der Waals surface area contributed by atoms with E-state index in [-0.39, 0.29) is 5.84 Å². The van der Waals surface area contributed by atoms with Crippen molar-refractivity contribution in [1.82, 2.24) is 0 Å². The molecule has 0 saturated heterocycles. The number of ether oxygens (including phenoxy) is 1. The molecule has 0 saturated carbocycles. The van der Waals surface area contributed by atoms with Crippen LogP contribution in [0.25, 0.3) is 0 Å². The van der Waals surface area contributed by atoms with E-state index in [1.54, 1.807) is 30.3 Å². The van der Waals surface area contributed by atoms with Crippen LogP contribution in [0.15, 0.2) is 46.9 Å². The quantitative estimate of drug-likeness (QED) is 0.657. The van der Waals surface area contributed by atoms with E-state index in [1.807, 2.05) is 12.1 Å². The maximum absolute atomic E-state index is 7.57. The molecule has 0 fully saturated rings. The molecular formula is C13H10BrClN2O. The molecule has 0 aliphatic rings. The summed E-state index contributed by atoms with van der Waals surface area (Å²) in [6.07, 6.45) is 0. The van der Waals surface area contributed by atoms with Crippen molar-refractivity contribution >= 4 is 33.4 Å². The van der Waals surface area contributed by atoms with Crippen molar-refractivity contribution in [3.8, 4) is 11.5 Å². The van der Waals surface area contributed by atoms with Gasteiger partial charge in [-0.3, -0.25) is 5.41 Å². The zero-order chi connectivity index (χ0) is 13.1. The Morgan fingerprint density at radius 3 is 2.61 bits per heavy atom. The van der Waals surface area contributed by atoms with Crippen LogP contribution < -0.4 is 10.5 Å². The van der Waals surface area contributed by atoms with Crippen molar-refractivity contribution in [2.75, 3.05) is 0 Å². The summed E-state index contributed by atoms with van der Waals surface area (Å²) in [7, 11) is 0. The first-order valence-corrected chi connectivity index (χ1v) is 6.31. The fraction of sp³-hybridized carbons (Fsp3) is 0. The van der Waals surface area contributed by atoms with Crippen LogP contribution in [0.2, 0.25) is 5.02 Å². The Kier molecular flexibility index (Phi) is 3.89. The third-order valence-corrected chi connectivity index (χ3v) is 3.16. The number of nitrogen functional groups attached to an aromatic ring is 1. The molecule has 2 aromatic rings. The van der Waals surface area contributed by atoms with Gasteiger partial charge in [-0.1, -0.05) is 23.7 Å². The molecule has 92 valence electrons. The van der Waals surface area contributed by atoms with Gasteiger partial charge in [-0.05, 0) is 46.3 Å². The van der Waals surface area contributed by atoms with Crippen molar-refractivity contribution in [2.24, 2.45) is 5.73 Å². The Labute approximate surface area is 118 Å². The smallest absolute Gasteiger partial charge is 0.139 e. The third-order valence-electron chi connectivity index (χ3n) is 2.27. The molecule has 0 unspecified atom stereocenters. The Hall–Kier alpha value is -1.52. The van der Waals surface area contributed by atoms with E-state index in [0.717, 1.165) is 4.47 Å². The minimum atomic E-state index is -0.0560. The summed E-state index contributed by atoms with van der Waals surface area (Å²) in [6.45, 7) is 0. The van der Waals surface area contributed by atoms with E-state index in [1.165, 1.54) is 0 Å². The number of hydrogen-bond donors (Lipinski definition) is 2. The molecule has 5 heteroatoms. The maximum Gasteiger partial charge on any atom is 0.139 e. The molecule has 2 aromatic carbocycles. The minimum absolute atomic E-state index is 0.0560. The normalized spacial score (nSPS) is 10.1. The summed E-state index contributed by atoms with van der Waals surface area (Å²) in [5, 5.41) is 8.16. The lowest BCUT2D eigenvalue weighted by Gasteiger charge is -2.11. The lowest BCUT2D eigenvalue weighted by Crippen LogP contribution is -2.13. The highest BCUT2D eigenvalue weighted by Gasteiger charge is 2.11. The van der Waals surface area contributed by atoms with Gasteiger partial charge in [-0.25, -0.2) is 0 Å². The first-order valence-electron chi connectivity index (χ1n) is 5.14. The second-order valence-corrected chi connectivity index (χ2v) is 4.88. The van der Waals surface area contributed by atoms with Crippen molar-refractivity contribution in [3.63, 3.8) is 0 Å². The summed E-state index contributed by atoms with van der Waals surface area (Å²) >= 11 is 9.24. The predicted molar refractivity (Wildman–Crippen MR) is 76.7 cm³/mol. The third kappa shape index (κ3) is 2.83. The van der Waals surface area contributed by atoms with Gasteiger partial charge < -0.3 is 10.5 Å². The highest BCUT2D eigenvalue weighted by atomic mass is 79.9. The molecule has 0 heterocycles. The average molecular weight is 326 g/mol. The Morgan fingerprint density at radius 1 is 1.22 bits per heavy atom. The standard InChI is InChI=1S/C13H10BrClN2O/c14-10-5-2-6-11(12(10)13(16)17)18-9-4-1-3-8(15)7-9/h1-7H,(H3,16,17). The Balaban J connectivity index is 2.40. The SMILES string of the molecule is N=C(N)c1c(Br)cccc1Oc1cccc(Cl)c1. The van der Waals surface area contributed by atoms with E-state index in [9.17, 15) is 0 Å². The van der Waals surface area contributed by atoms with Crippen LogP contribution in [0, 0.1) is 5.41 Å². The Morgan fingerprint density at radius 2 is 1.94 bits per heavy atom. The molecule has 0 aliphatic carbocycles. The van der Waals surface area contributed by atoms with Gasteiger partial charge in [-0.15, -0.1) is 0 Å². The monoisotopic (exact) mass is 324 g/mol. The van der Waals surface area contributed by atoms with Crippen molar-refractivity contribution in [1.29, 1.82) is 5.41 Å². The zero-order valence-electron chi connectivity index (χ0n) is 9.28. The molecular weight excluding hydrogens is 316 g/mol. The van der Waals surface area contributed by atoms with E-state index in [4.69, 9.17) is 27.5 Å². The van der Waals surface area contributed by atoms with Gasteiger partial charge in [0.15, 0.2) is 0 Å². The van der Waals surface area contributed by atoms with Crippen LogP contribution in [0.4, 0.5) is 0 Å². The highest BCUT2D eigenvalue weighted by molar-refractivity contribution is 9.10. The number of nitrogens with one attached hydrogen (secondary N) is 1. The average Bonchev–Trinajstić information content (AvgIpc) is 2.28. The van der Waals surface area contributed by atoms with Crippen LogP contribution in [0.3, 0.4) is 0 Å². The minimum Gasteiger partial charge on any atom is -0.457 e. The van der Waals surface area contributed by atoms with E-state index in [2.05, 4.69) is 15.9 Å². The molecule has 0 atom stereocenters. The topological polar surface area (TPSA) is 59.1 Å². The van der Waals surface area contributed by atoms with Crippen molar-refractivity contribution < 1.29 is 4.74 Å². The number of amidine groups is 1. The molecule has 0 spiro atoms. The van der Waals surface area contributed by atoms with Gasteiger partial charge in [0.1, 0.15) is 17.3 Å². The largest absolute Gasteiger partial charge is 0.457 e. The van der Waals surface area contributed by atoms with E-state index < -0.39 is 0 Å². The van der Waals surface area contributed by atoms with Gasteiger partial charge in [0.2, 0.25) is 0 Å². The van der Waals surface area contributed by atoms with Gasteiger partial charge >= 0.3 is 0 Å². The lowest BCUT2D eigenvalue weighted by atomic mass is 10.2. The number of nitrogens with two attached hydrogens (primary N) is 1. The molecule has 0 aliphatic heterocycles. The molecule has 0 amide bonds. The van der Waals surface area contributed by atoms with Gasteiger partial charge in [0, 0.05) is 9.50 Å². The van der Waals surface area contributed by atoms with Gasteiger partial charge in [0.05, 0.1) is 5.56 Å². The number of hydrogen-bond acceptors (Lipinski definition) is 2. The summed E-state index contributed by atoms with van der Waals surface area (Å²) in [4.78, 5) is 0. The zero-order valence-corrected chi connectivity index (χ0v) is 11.6. The Bertz CT molecular complexity index is 601. The number of rotatable bonds is 3. The summed E-state index contributed by atoms with van der Waals surface area (Å²) in [5.74, 6) is 1.06. The fourth-order valence-corrected chi connectivity index (χ4v) is 2.25. The van der Waals surface area contributed by atoms with E-state index >= 15 is 0 Å². The molecule has 3 nitrogen and oxygen atoms in total. The van der Waals surface area contributed by atoms with Gasteiger partial charge in [-0.2, -0.15) is 0 Å². The molecule has 3 N–H and O–H groups in total. The van der Waals surface area contributed by atoms with E-state index in [0.29, 0.717) is 22.1 Å². The number of benzene rings is 2. The molecule has 0 bridgehead atoms. The van der Waals surface area contributed by atoms with Crippen molar-refractivity contribution in [2.45, 2.75) is 0 Å². The first kappa shape index (κ1) is 12.9. The molecule has 0 aromatic heterocycles. The second-order valence-electron chi connectivity index (χ2n) is 3.59. The second kappa shape index (κ2) is 5.42. The highest BCUT2D eigenvalue weighted by Crippen LogP contribution is 2.31. The number of halogens is 2. The van der Waals surface area contributed by atoms with Crippen molar-refractivity contribution in [3.05, 3.63) is 57.5 Å². The van der Waals surface area contributed by atoms with Crippen LogP contribution in [0.5, 0.6) is 11.5 Å².